The molecule has 1 atom stereocenters. The van der Waals surface area contributed by atoms with Crippen molar-refractivity contribution in [1.82, 2.24) is 9.88 Å². The fourth-order valence-corrected chi connectivity index (χ4v) is 3.92. The van der Waals surface area contributed by atoms with Crippen molar-refractivity contribution in [2.75, 3.05) is 31.1 Å². The van der Waals surface area contributed by atoms with Gasteiger partial charge in [0.1, 0.15) is 5.75 Å². The van der Waals surface area contributed by atoms with Crippen LogP contribution in [0.1, 0.15) is 12.0 Å². The van der Waals surface area contributed by atoms with Crippen molar-refractivity contribution in [2.45, 2.75) is 18.9 Å². The summed E-state index contributed by atoms with van der Waals surface area (Å²) in [6.07, 6.45) is 3.11. The summed E-state index contributed by atoms with van der Waals surface area (Å²) in [4.78, 5) is 21.4. The minimum atomic E-state index is -0.362. The monoisotopic (exact) mass is 329 g/mol. The molecule has 1 aromatic carbocycles. The van der Waals surface area contributed by atoms with Gasteiger partial charge in [0.05, 0.1) is 0 Å². The molecule has 0 N–H and O–H groups in total. The van der Waals surface area contributed by atoms with Gasteiger partial charge in [0, 0.05) is 44.2 Å². The number of nitrogens with zero attached hydrogens (tertiary/aromatic N) is 3. The van der Waals surface area contributed by atoms with E-state index in [9.17, 15) is 4.79 Å². The van der Waals surface area contributed by atoms with Crippen LogP contribution in [0.3, 0.4) is 0 Å². The number of aromatic nitrogens is 1. The Morgan fingerprint density at radius 1 is 1.22 bits per heavy atom. The zero-order valence-electron chi connectivity index (χ0n) is 12.9. The summed E-state index contributed by atoms with van der Waals surface area (Å²) in [6, 6.07) is 7.92. The summed E-state index contributed by atoms with van der Waals surface area (Å²) in [5, 5.41) is 3.04. The van der Waals surface area contributed by atoms with E-state index >= 15 is 0 Å². The molecule has 0 bridgehead atoms. The van der Waals surface area contributed by atoms with Crippen molar-refractivity contribution in [2.24, 2.45) is 0 Å². The number of rotatable bonds is 2. The largest absolute Gasteiger partial charge is 0.480 e. The number of amides is 1. The molecule has 1 saturated heterocycles. The third kappa shape index (κ3) is 2.91. The van der Waals surface area contributed by atoms with Crippen LogP contribution >= 0.6 is 11.3 Å². The maximum atomic E-state index is 12.8. The van der Waals surface area contributed by atoms with Crippen LogP contribution < -0.4 is 9.64 Å². The Hall–Kier alpha value is -2.08. The number of anilines is 1. The van der Waals surface area contributed by atoms with E-state index in [0.29, 0.717) is 6.42 Å². The lowest BCUT2D eigenvalue weighted by Gasteiger charge is -2.24. The maximum Gasteiger partial charge on any atom is 0.264 e. The first-order chi connectivity index (χ1) is 11.3. The van der Waals surface area contributed by atoms with Crippen LogP contribution in [0.5, 0.6) is 5.75 Å². The molecule has 1 amide bonds. The van der Waals surface area contributed by atoms with Crippen LogP contribution in [0, 0.1) is 0 Å². The molecule has 0 saturated carbocycles. The third-order valence-corrected chi connectivity index (χ3v) is 5.25. The van der Waals surface area contributed by atoms with Gasteiger partial charge in [-0.05, 0) is 18.1 Å². The van der Waals surface area contributed by atoms with Crippen LogP contribution in [0.25, 0.3) is 0 Å². The highest BCUT2D eigenvalue weighted by atomic mass is 32.1. The van der Waals surface area contributed by atoms with Crippen molar-refractivity contribution in [3.8, 4) is 5.75 Å². The van der Waals surface area contributed by atoms with E-state index in [2.05, 4.69) is 9.88 Å². The van der Waals surface area contributed by atoms with Gasteiger partial charge in [0.2, 0.25) is 0 Å². The van der Waals surface area contributed by atoms with Gasteiger partial charge in [-0.25, -0.2) is 4.98 Å². The second-order valence-corrected chi connectivity index (χ2v) is 6.77. The lowest BCUT2D eigenvalue weighted by Crippen LogP contribution is -2.43. The molecule has 3 heterocycles. The fraction of sp³-hybridized carbons (Fsp3) is 0.412. The smallest absolute Gasteiger partial charge is 0.264 e. The lowest BCUT2D eigenvalue weighted by molar-refractivity contribution is -0.137. The Morgan fingerprint density at radius 3 is 2.96 bits per heavy atom. The first-order valence-corrected chi connectivity index (χ1v) is 8.87. The standard InChI is InChI=1S/C17H19N3O2S/c21-16(15-12-13-4-1-2-5-14(13)22-15)19-7-3-8-20(10-9-19)17-18-6-11-23-17/h1-2,4-6,11,15H,3,7-10,12H2/t15-/m1/s1. The molecule has 2 aromatic rings. The second-order valence-electron chi connectivity index (χ2n) is 5.90. The molecule has 1 aromatic heterocycles. The molecule has 120 valence electrons. The van der Waals surface area contributed by atoms with Gasteiger partial charge in [-0.1, -0.05) is 18.2 Å². The van der Waals surface area contributed by atoms with Crippen molar-refractivity contribution >= 4 is 22.4 Å². The molecule has 2 aliphatic rings. The molecule has 0 unspecified atom stereocenters. The molecule has 0 radical (unpaired) electrons. The number of hydrogen-bond acceptors (Lipinski definition) is 5. The zero-order chi connectivity index (χ0) is 15.6. The lowest BCUT2D eigenvalue weighted by atomic mass is 10.1. The average Bonchev–Trinajstić information content (AvgIpc) is 3.19. The van der Waals surface area contributed by atoms with Crippen LogP contribution in [-0.2, 0) is 11.2 Å². The summed E-state index contributed by atoms with van der Waals surface area (Å²) < 4.78 is 5.85. The van der Waals surface area contributed by atoms with Crippen LogP contribution in [0.4, 0.5) is 5.13 Å². The maximum absolute atomic E-state index is 12.8. The first kappa shape index (κ1) is 14.5. The number of fused-ring (bicyclic) bond motifs is 1. The summed E-state index contributed by atoms with van der Waals surface area (Å²) in [6.45, 7) is 3.30. The normalized spacial score (nSPS) is 20.8. The molecule has 4 rings (SSSR count). The van der Waals surface area contributed by atoms with Crippen LogP contribution in [0.2, 0.25) is 0 Å². The number of thiazole rings is 1. The molecule has 1 fully saturated rings. The molecule has 0 spiro atoms. The Kier molecular flexibility index (Phi) is 3.91. The van der Waals surface area contributed by atoms with Crippen LogP contribution in [0.15, 0.2) is 35.8 Å². The highest BCUT2D eigenvalue weighted by molar-refractivity contribution is 7.13. The quantitative estimate of drug-likeness (QED) is 0.847. The van der Waals surface area contributed by atoms with Gasteiger partial charge in [-0.2, -0.15) is 0 Å². The number of carbonyl (C=O) groups excluding carboxylic acids is 1. The van der Waals surface area contributed by atoms with Gasteiger partial charge in [-0.15, -0.1) is 11.3 Å². The molecule has 23 heavy (non-hydrogen) atoms. The van der Waals surface area contributed by atoms with Crippen molar-refractivity contribution in [3.63, 3.8) is 0 Å². The van der Waals surface area contributed by atoms with E-state index in [4.69, 9.17) is 4.74 Å². The average molecular weight is 329 g/mol. The molecule has 6 heteroatoms. The second kappa shape index (κ2) is 6.20. The zero-order valence-corrected chi connectivity index (χ0v) is 13.7. The third-order valence-electron chi connectivity index (χ3n) is 4.42. The summed E-state index contributed by atoms with van der Waals surface area (Å²) >= 11 is 1.65. The number of carbonyl (C=O) groups is 1. The highest BCUT2D eigenvalue weighted by Crippen LogP contribution is 2.29. The van der Waals surface area contributed by atoms with Gasteiger partial charge < -0.3 is 14.5 Å². The first-order valence-electron chi connectivity index (χ1n) is 7.99. The molecule has 2 aliphatic heterocycles. The van der Waals surface area contributed by atoms with Gasteiger partial charge in [0.25, 0.3) is 5.91 Å². The van der Waals surface area contributed by atoms with Crippen molar-refractivity contribution in [1.29, 1.82) is 0 Å². The van der Waals surface area contributed by atoms with Crippen molar-refractivity contribution in [3.05, 3.63) is 41.4 Å². The Balaban J connectivity index is 1.40. The minimum Gasteiger partial charge on any atom is -0.480 e. The summed E-state index contributed by atoms with van der Waals surface area (Å²) in [7, 11) is 0. The number of ether oxygens (including phenoxy) is 1. The molecule has 5 nitrogen and oxygen atoms in total. The summed E-state index contributed by atoms with van der Waals surface area (Å²) in [5.74, 6) is 0.965. The van der Waals surface area contributed by atoms with E-state index in [-0.39, 0.29) is 12.0 Å². The Bertz CT molecular complexity index is 664. The number of para-hydroxylation sites is 1. The van der Waals surface area contributed by atoms with E-state index in [1.807, 2.05) is 40.7 Å². The van der Waals surface area contributed by atoms with Gasteiger partial charge >= 0.3 is 0 Å². The van der Waals surface area contributed by atoms with Gasteiger partial charge in [-0.3, -0.25) is 4.79 Å². The Labute approximate surface area is 139 Å². The predicted molar refractivity (Wildman–Crippen MR) is 90.1 cm³/mol. The fourth-order valence-electron chi connectivity index (χ4n) is 3.22. The highest BCUT2D eigenvalue weighted by Gasteiger charge is 2.33. The van der Waals surface area contributed by atoms with E-state index in [1.165, 1.54) is 0 Å². The van der Waals surface area contributed by atoms with E-state index in [1.54, 1.807) is 11.3 Å². The SMILES string of the molecule is O=C([C@H]1Cc2ccccc2O1)N1CCCN(c2nccs2)CC1. The Morgan fingerprint density at radius 2 is 2.13 bits per heavy atom. The number of hydrogen-bond donors (Lipinski definition) is 0. The summed E-state index contributed by atoms with van der Waals surface area (Å²) in [5.41, 5.74) is 1.13. The topological polar surface area (TPSA) is 45.7 Å². The number of benzene rings is 1. The van der Waals surface area contributed by atoms with Gasteiger partial charge in [0.15, 0.2) is 11.2 Å². The molecule has 0 aliphatic carbocycles. The molecular formula is C17H19N3O2S. The predicted octanol–water partition coefficient (Wildman–Crippen LogP) is 2.19. The minimum absolute atomic E-state index is 0.113. The van der Waals surface area contributed by atoms with E-state index in [0.717, 1.165) is 49.0 Å². The van der Waals surface area contributed by atoms with Crippen molar-refractivity contribution < 1.29 is 9.53 Å². The van der Waals surface area contributed by atoms with E-state index < -0.39 is 0 Å². The molecular weight excluding hydrogens is 310 g/mol. The van der Waals surface area contributed by atoms with Crippen LogP contribution in [-0.4, -0.2) is 48.1 Å².